The number of pyridine rings is 1. The van der Waals surface area contributed by atoms with Gasteiger partial charge in [0.15, 0.2) is 6.61 Å². The molecule has 31 heavy (non-hydrogen) atoms. The third-order valence-corrected chi connectivity index (χ3v) is 4.15. The van der Waals surface area contributed by atoms with Crippen LogP contribution in [0.4, 0.5) is 13.2 Å². The molecular weight excluding hydrogens is 417 g/mol. The standard InChI is InChI=1S/C20H23F3N4O4/c1-11(2)15(28)9-16-24-8-7-14(26-16)12(3)25-18(29)13-5-6-17(27-19(13)30-4)31-10-20(21,22)23/h5-8,11-12H,9-10H2,1-4H3,(H,25,29). The fourth-order valence-corrected chi connectivity index (χ4v) is 2.44. The Kier molecular flexibility index (Phi) is 7.89. The molecule has 168 valence electrons. The van der Waals surface area contributed by atoms with Gasteiger partial charge in [-0.05, 0) is 19.1 Å². The highest BCUT2D eigenvalue weighted by atomic mass is 19.4. The van der Waals surface area contributed by atoms with Crippen LogP contribution in [0.2, 0.25) is 0 Å². The maximum Gasteiger partial charge on any atom is 0.422 e. The van der Waals surface area contributed by atoms with Gasteiger partial charge in [0, 0.05) is 18.2 Å². The molecule has 8 nitrogen and oxygen atoms in total. The molecule has 2 aromatic rings. The second-order valence-corrected chi connectivity index (χ2v) is 7.00. The van der Waals surface area contributed by atoms with Crippen LogP contribution in [-0.4, -0.2) is 46.5 Å². The van der Waals surface area contributed by atoms with Crippen LogP contribution in [0.15, 0.2) is 24.4 Å². The average Bonchev–Trinajstić information content (AvgIpc) is 2.71. The van der Waals surface area contributed by atoms with E-state index >= 15 is 0 Å². The molecular formula is C20H23F3N4O4. The van der Waals surface area contributed by atoms with Crippen molar-refractivity contribution in [2.24, 2.45) is 5.92 Å². The predicted octanol–water partition coefficient (Wildman–Crippen LogP) is 3.08. The smallest absolute Gasteiger partial charge is 0.422 e. The third kappa shape index (κ3) is 7.19. The second-order valence-electron chi connectivity index (χ2n) is 7.00. The number of Topliss-reactive ketones (excluding diaryl/α,β-unsaturated/α-hetero) is 1. The lowest BCUT2D eigenvalue weighted by atomic mass is 10.1. The summed E-state index contributed by atoms with van der Waals surface area (Å²) in [5, 5.41) is 2.71. The highest BCUT2D eigenvalue weighted by Crippen LogP contribution is 2.23. The van der Waals surface area contributed by atoms with E-state index in [0.717, 1.165) is 6.07 Å². The van der Waals surface area contributed by atoms with Crippen LogP contribution in [0.1, 0.15) is 48.7 Å². The molecule has 0 aliphatic heterocycles. The van der Waals surface area contributed by atoms with Crippen LogP contribution >= 0.6 is 0 Å². The molecule has 0 spiro atoms. The van der Waals surface area contributed by atoms with Gasteiger partial charge in [0.2, 0.25) is 11.8 Å². The van der Waals surface area contributed by atoms with Crippen molar-refractivity contribution in [3.05, 3.63) is 41.5 Å². The Labute approximate surface area is 177 Å². The normalized spacial score (nSPS) is 12.4. The Hall–Kier alpha value is -3.24. The summed E-state index contributed by atoms with van der Waals surface area (Å²) in [5.41, 5.74) is 0.505. The molecule has 1 N–H and O–H groups in total. The summed E-state index contributed by atoms with van der Waals surface area (Å²) in [4.78, 5) is 36.8. The molecule has 0 saturated heterocycles. The lowest BCUT2D eigenvalue weighted by Crippen LogP contribution is -2.28. The fourth-order valence-electron chi connectivity index (χ4n) is 2.44. The van der Waals surface area contributed by atoms with Gasteiger partial charge in [-0.1, -0.05) is 13.8 Å². The van der Waals surface area contributed by atoms with E-state index in [9.17, 15) is 22.8 Å². The Morgan fingerprint density at radius 1 is 1.13 bits per heavy atom. The molecule has 0 radical (unpaired) electrons. The first-order valence-electron chi connectivity index (χ1n) is 9.40. The zero-order valence-electron chi connectivity index (χ0n) is 17.5. The van der Waals surface area contributed by atoms with Crippen LogP contribution in [-0.2, 0) is 11.2 Å². The van der Waals surface area contributed by atoms with Gasteiger partial charge >= 0.3 is 6.18 Å². The molecule has 1 amide bonds. The number of ether oxygens (including phenoxy) is 2. The van der Waals surface area contributed by atoms with Crippen LogP contribution in [0, 0.1) is 5.92 Å². The minimum absolute atomic E-state index is 0.00233. The number of alkyl halides is 3. The quantitative estimate of drug-likeness (QED) is 0.639. The Balaban J connectivity index is 2.11. The van der Waals surface area contributed by atoms with E-state index in [1.165, 1.54) is 19.4 Å². The number of nitrogens with zero attached hydrogens (tertiary/aromatic N) is 3. The van der Waals surface area contributed by atoms with E-state index in [1.54, 1.807) is 26.8 Å². The molecule has 2 aromatic heterocycles. The second kappa shape index (κ2) is 10.2. The lowest BCUT2D eigenvalue weighted by molar-refractivity contribution is -0.154. The van der Waals surface area contributed by atoms with Crippen LogP contribution in [0.5, 0.6) is 11.8 Å². The van der Waals surface area contributed by atoms with Crippen molar-refractivity contribution >= 4 is 11.7 Å². The molecule has 2 rings (SSSR count). The van der Waals surface area contributed by atoms with Gasteiger partial charge in [-0.3, -0.25) is 9.59 Å². The van der Waals surface area contributed by atoms with E-state index in [-0.39, 0.29) is 35.4 Å². The fraction of sp³-hybridized carbons (Fsp3) is 0.450. The zero-order valence-corrected chi connectivity index (χ0v) is 17.5. The number of carbonyl (C=O) groups excluding carboxylic acids is 2. The molecule has 11 heteroatoms. The monoisotopic (exact) mass is 440 g/mol. The SMILES string of the molecule is COc1nc(OCC(F)(F)F)ccc1C(=O)NC(C)c1ccnc(CC(=O)C(C)C)n1. The Morgan fingerprint density at radius 2 is 1.84 bits per heavy atom. The number of amides is 1. The number of rotatable bonds is 9. The number of aromatic nitrogens is 3. The first-order chi connectivity index (χ1) is 14.5. The number of hydrogen-bond acceptors (Lipinski definition) is 7. The first kappa shape index (κ1) is 24.0. The Bertz CT molecular complexity index is 935. The number of hydrogen-bond donors (Lipinski definition) is 1. The predicted molar refractivity (Wildman–Crippen MR) is 104 cm³/mol. The van der Waals surface area contributed by atoms with Gasteiger partial charge in [-0.2, -0.15) is 18.2 Å². The largest absolute Gasteiger partial charge is 0.480 e. The maximum atomic E-state index is 12.6. The Morgan fingerprint density at radius 3 is 2.45 bits per heavy atom. The van der Waals surface area contributed by atoms with E-state index in [0.29, 0.717) is 11.5 Å². The maximum absolute atomic E-state index is 12.6. The molecule has 0 aliphatic rings. The topological polar surface area (TPSA) is 103 Å². The summed E-state index contributed by atoms with van der Waals surface area (Å²) >= 11 is 0. The third-order valence-electron chi connectivity index (χ3n) is 4.15. The summed E-state index contributed by atoms with van der Waals surface area (Å²) in [6, 6.07) is 3.47. The molecule has 0 saturated carbocycles. The van der Waals surface area contributed by atoms with Crippen LogP contribution < -0.4 is 14.8 Å². The number of halogens is 3. The minimum Gasteiger partial charge on any atom is -0.480 e. The number of ketones is 1. The van der Waals surface area contributed by atoms with Gasteiger partial charge in [-0.25, -0.2) is 9.97 Å². The molecule has 0 aromatic carbocycles. The molecule has 0 bridgehead atoms. The lowest BCUT2D eigenvalue weighted by Gasteiger charge is -2.16. The summed E-state index contributed by atoms with van der Waals surface area (Å²) in [6.45, 7) is 3.75. The summed E-state index contributed by atoms with van der Waals surface area (Å²) < 4.78 is 46.5. The van der Waals surface area contributed by atoms with Gasteiger partial charge in [0.05, 0.1) is 25.3 Å². The summed E-state index contributed by atoms with van der Waals surface area (Å²) in [6.07, 6.45) is -2.93. The zero-order chi connectivity index (χ0) is 23.2. The van der Waals surface area contributed by atoms with Crippen LogP contribution in [0.3, 0.4) is 0 Å². The van der Waals surface area contributed by atoms with Gasteiger partial charge in [0.1, 0.15) is 17.2 Å². The summed E-state index contributed by atoms with van der Waals surface area (Å²) in [5.74, 6) is -0.880. The molecule has 0 aliphatic carbocycles. The van der Waals surface area contributed by atoms with Crippen molar-refractivity contribution in [2.75, 3.05) is 13.7 Å². The minimum atomic E-state index is -4.52. The van der Waals surface area contributed by atoms with Crippen molar-refractivity contribution in [1.82, 2.24) is 20.3 Å². The number of nitrogens with one attached hydrogen (secondary N) is 1. The average molecular weight is 440 g/mol. The van der Waals surface area contributed by atoms with Gasteiger partial charge in [-0.15, -0.1) is 0 Å². The van der Waals surface area contributed by atoms with Gasteiger partial charge < -0.3 is 14.8 Å². The summed E-state index contributed by atoms with van der Waals surface area (Å²) in [7, 11) is 1.23. The molecule has 0 fully saturated rings. The highest BCUT2D eigenvalue weighted by molar-refractivity contribution is 5.96. The van der Waals surface area contributed by atoms with E-state index in [2.05, 4.69) is 25.0 Å². The number of methoxy groups -OCH3 is 1. The van der Waals surface area contributed by atoms with E-state index in [4.69, 9.17) is 4.74 Å². The van der Waals surface area contributed by atoms with Gasteiger partial charge in [0.25, 0.3) is 5.91 Å². The van der Waals surface area contributed by atoms with Crippen LogP contribution in [0.25, 0.3) is 0 Å². The van der Waals surface area contributed by atoms with Crippen molar-refractivity contribution in [3.63, 3.8) is 0 Å². The van der Waals surface area contributed by atoms with Crippen molar-refractivity contribution in [1.29, 1.82) is 0 Å². The van der Waals surface area contributed by atoms with Crippen molar-refractivity contribution in [2.45, 2.75) is 39.4 Å². The highest BCUT2D eigenvalue weighted by Gasteiger charge is 2.29. The van der Waals surface area contributed by atoms with E-state index < -0.39 is 24.7 Å². The molecule has 1 atom stereocenters. The molecule has 1 unspecified atom stereocenters. The number of carbonyl (C=O) groups is 2. The van der Waals surface area contributed by atoms with Crippen molar-refractivity contribution in [3.8, 4) is 11.8 Å². The molecule has 2 heterocycles. The van der Waals surface area contributed by atoms with Crippen molar-refractivity contribution < 1.29 is 32.2 Å². The van der Waals surface area contributed by atoms with E-state index in [1.807, 2.05) is 0 Å². The first-order valence-corrected chi connectivity index (χ1v) is 9.40.